The number of carbonyl (C=O) groups excluding carboxylic acids is 4. The fourth-order valence-corrected chi connectivity index (χ4v) is 3.78. The molecule has 0 aromatic carbocycles. The molecule has 0 aromatic heterocycles. The summed E-state index contributed by atoms with van der Waals surface area (Å²) in [6.45, 7) is 11.7. The van der Waals surface area contributed by atoms with Gasteiger partial charge in [0.1, 0.15) is 18.3 Å². The van der Waals surface area contributed by atoms with Crippen LogP contribution in [0, 0.1) is 0 Å². The number of carbonyl (C=O) groups is 4. The molecule has 0 aliphatic rings. The quantitative estimate of drug-likeness (QED) is 0.0776. The molecule has 39 heavy (non-hydrogen) atoms. The Morgan fingerprint density at radius 2 is 1.08 bits per heavy atom. The maximum atomic E-state index is 12.0. The molecule has 0 fully saturated rings. The van der Waals surface area contributed by atoms with Crippen molar-refractivity contribution in [3.8, 4) is 0 Å². The molecule has 6 unspecified atom stereocenters. The third kappa shape index (κ3) is 15.9. The summed E-state index contributed by atoms with van der Waals surface area (Å²) in [6.07, 6.45) is -0.715. The van der Waals surface area contributed by atoms with Crippen molar-refractivity contribution >= 4 is 23.9 Å². The molecule has 11 nitrogen and oxygen atoms in total. The fourth-order valence-electron chi connectivity index (χ4n) is 3.78. The monoisotopic (exact) mass is 556 g/mol. The molecule has 0 amide bonds. The molecule has 0 bridgehead atoms. The van der Waals surface area contributed by atoms with E-state index in [1.165, 1.54) is 7.11 Å². The molecule has 222 valence electrons. The predicted molar refractivity (Wildman–Crippen MR) is 142 cm³/mol. The van der Waals surface area contributed by atoms with E-state index in [1.807, 2.05) is 0 Å². The third-order valence-corrected chi connectivity index (χ3v) is 6.05. The van der Waals surface area contributed by atoms with Crippen LogP contribution in [0.1, 0.15) is 71.1 Å². The Morgan fingerprint density at radius 3 is 1.54 bits per heavy atom. The van der Waals surface area contributed by atoms with Crippen molar-refractivity contribution in [1.82, 2.24) is 0 Å². The van der Waals surface area contributed by atoms with Crippen LogP contribution in [-0.2, 0) is 38.1 Å². The molecule has 6 atom stereocenters. The van der Waals surface area contributed by atoms with Gasteiger partial charge in [0, 0.05) is 37.5 Å². The highest BCUT2D eigenvalue weighted by Gasteiger charge is 2.34. The van der Waals surface area contributed by atoms with Gasteiger partial charge in [-0.1, -0.05) is 45.9 Å². The number of hydrogen-bond donors (Lipinski definition) is 3. The van der Waals surface area contributed by atoms with Gasteiger partial charge < -0.3 is 34.3 Å². The Balaban J connectivity index is 5.38. The van der Waals surface area contributed by atoms with E-state index in [1.54, 1.807) is 6.92 Å². The molecule has 0 radical (unpaired) electrons. The Morgan fingerprint density at radius 1 is 0.667 bits per heavy atom. The van der Waals surface area contributed by atoms with Crippen molar-refractivity contribution in [3.63, 3.8) is 0 Å². The first-order valence-corrected chi connectivity index (χ1v) is 13.1. The van der Waals surface area contributed by atoms with Gasteiger partial charge in [-0.15, -0.1) is 0 Å². The lowest BCUT2D eigenvalue weighted by molar-refractivity contribution is -0.165. The van der Waals surface area contributed by atoms with Crippen LogP contribution in [0.4, 0.5) is 0 Å². The first kappa shape index (κ1) is 36.0. The molecule has 0 saturated carbocycles. The van der Waals surface area contributed by atoms with Crippen LogP contribution in [-0.4, -0.2) is 82.9 Å². The number of esters is 4. The predicted octanol–water partition coefficient (Wildman–Crippen LogP) is 2.46. The lowest BCUT2D eigenvalue weighted by Crippen LogP contribution is -2.43. The van der Waals surface area contributed by atoms with E-state index in [-0.39, 0.29) is 31.7 Å². The van der Waals surface area contributed by atoms with Crippen LogP contribution < -0.4 is 0 Å². The molecular weight excluding hydrogens is 512 g/mol. The number of hydrogen-bond acceptors (Lipinski definition) is 11. The molecule has 0 aliphatic carbocycles. The van der Waals surface area contributed by atoms with Crippen molar-refractivity contribution in [3.05, 3.63) is 38.0 Å². The number of unbranched alkanes of at least 4 members (excludes halogenated alkanes) is 4. The van der Waals surface area contributed by atoms with Crippen molar-refractivity contribution in [2.24, 2.45) is 0 Å². The minimum absolute atomic E-state index is 0.212. The van der Waals surface area contributed by atoms with Crippen molar-refractivity contribution < 1.29 is 53.4 Å². The average Bonchev–Trinajstić information content (AvgIpc) is 2.93. The van der Waals surface area contributed by atoms with Gasteiger partial charge in [0.05, 0.1) is 25.4 Å². The average molecular weight is 557 g/mol. The second kappa shape index (κ2) is 20.9. The van der Waals surface area contributed by atoms with Crippen LogP contribution in [0.15, 0.2) is 38.0 Å². The molecule has 0 heterocycles. The first-order chi connectivity index (χ1) is 18.5. The van der Waals surface area contributed by atoms with Gasteiger partial charge in [0.2, 0.25) is 0 Å². The number of aliphatic hydroxyl groups excluding tert-OH is 3. The first-order valence-electron chi connectivity index (χ1n) is 13.1. The zero-order valence-electron chi connectivity index (χ0n) is 23.0. The molecule has 0 rings (SSSR count). The normalized spacial score (nSPS) is 15.4. The zero-order chi connectivity index (χ0) is 29.8. The van der Waals surface area contributed by atoms with Crippen LogP contribution in [0.25, 0.3) is 0 Å². The lowest BCUT2D eigenvalue weighted by atomic mass is 9.94. The minimum Gasteiger partial charge on any atom is -0.469 e. The summed E-state index contributed by atoms with van der Waals surface area (Å²) in [5.74, 6) is -2.69. The molecule has 0 aromatic rings. The number of ether oxygens (including phenoxy) is 4. The van der Waals surface area contributed by atoms with E-state index >= 15 is 0 Å². The van der Waals surface area contributed by atoms with E-state index in [2.05, 4.69) is 24.5 Å². The second-order valence-electron chi connectivity index (χ2n) is 9.00. The van der Waals surface area contributed by atoms with Gasteiger partial charge in [-0.05, 0) is 25.7 Å². The summed E-state index contributed by atoms with van der Waals surface area (Å²) in [5.41, 5.74) is 0. The molecule has 3 N–H and O–H groups in total. The number of rotatable bonds is 22. The summed E-state index contributed by atoms with van der Waals surface area (Å²) in [7, 11) is 1.34. The lowest BCUT2D eigenvalue weighted by Gasteiger charge is -2.31. The van der Waals surface area contributed by atoms with Gasteiger partial charge in [0.15, 0.2) is 0 Å². The smallest absolute Gasteiger partial charge is 0.330 e. The SMILES string of the molecule is C=CC(=O)OC(CCCCCCCC(=O)OC)C(O)CC(OC(=O)C=C)C(O)CC(OC(=O)C=C)C(O)CC. The zero-order valence-corrected chi connectivity index (χ0v) is 23.0. The van der Waals surface area contributed by atoms with Crippen LogP contribution in [0.3, 0.4) is 0 Å². The Hall–Kier alpha value is -3.02. The summed E-state index contributed by atoms with van der Waals surface area (Å²) in [4.78, 5) is 46.7. The summed E-state index contributed by atoms with van der Waals surface area (Å²) < 4.78 is 20.3. The highest BCUT2D eigenvalue weighted by Crippen LogP contribution is 2.22. The largest absolute Gasteiger partial charge is 0.469 e. The Labute approximate surface area is 230 Å². The van der Waals surface area contributed by atoms with E-state index in [9.17, 15) is 34.5 Å². The van der Waals surface area contributed by atoms with E-state index in [0.717, 1.165) is 37.5 Å². The number of aliphatic hydroxyl groups is 3. The Kier molecular flexibility index (Phi) is 19.3. The molecule has 11 heteroatoms. The molecule has 0 spiro atoms. The van der Waals surface area contributed by atoms with Crippen molar-refractivity contribution in [2.45, 2.75) is 108 Å². The van der Waals surface area contributed by atoms with E-state index in [0.29, 0.717) is 19.3 Å². The van der Waals surface area contributed by atoms with Crippen LogP contribution >= 0.6 is 0 Å². The Bertz CT molecular complexity index is 794. The summed E-state index contributed by atoms with van der Waals surface area (Å²) >= 11 is 0. The third-order valence-electron chi connectivity index (χ3n) is 6.05. The molecular formula is C28H44O11. The van der Waals surface area contributed by atoms with E-state index in [4.69, 9.17) is 14.2 Å². The van der Waals surface area contributed by atoms with Gasteiger partial charge >= 0.3 is 23.9 Å². The van der Waals surface area contributed by atoms with Gasteiger partial charge in [0.25, 0.3) is 0 Å². The van der Waals surface area contributed by atoms with Crippen molar-refractivity contribution in [2.75, 3.05) is 7.11 Å². The molecule has 0 saturated heterocycles. The molecule has 0 aliphatic heterocycles. The maximum Gasteiger partial charge on any atom is 0.330 e. The van der Waals surface area contributed by atoms with Crippen LogP contribution in [0.5, 0.6) is 0 Å². The standard InChI is InChI=1S/C28H44O11/c1-6-19(29)23(38-26(33)8-3)18-21(31)24(39-27(34)9-4)17-20(30)22(37-25(32)7-2)15-13-11-10-12-14-16-28(35)36-5/h7-9,19-24,29-31H,2-4,6,10-18H2,1,5H3. The van der Waals surface area contributed by atoms with Crippen LogP contribution in [0.2, 0.25) is 0 Å². The van der Waals surface area contributed by atoms with Gasteiger partial charge in [-0.3, -0.25) is 4.79 Å². The van der Waals surface area contributed by atoms with Gasteiger partial charge in [-0.2, -0.15) is 0 Å². The maximum absolute atomic E-state index is 12.0. The second-order valence-corrected chi connectivity index (χ2v) is 9.00. The van der Waals surface area contributed by atoms with Crippen molar-refractivity contribution in [1.29, 1.82) is 0 Å². The fraction of sp³-hybridized carbons (Fsp3) is 0.643. The summed E-state index contributed by atoms with van der Waals surface area (Å²) in [6, 6.07) is 0. The highest BCUT2D eigenvalue weighted by atomic mass is 16.6. The highest BCUT2D eigenvalue weighted by molar-refractivity contribution is 5.82. The topological polar surface area (TPSA) is 166 Å². The minimum atomic E-state index is -1.46. The number of methoxy groups -OCH3 is 1. The van der Waals surface area contributed by atoms with Gasteiger partial charge in [-0.25, -0.2) is 14.4 Å². The van der Waals surface area contributed by atoms with E-state index < -0.39 is 54.5 Å². The summed E-state index contributed by atoms with van der Waals surface area (Å²) in [5, 5.41) is 32.0.